The first kappa shape index (κ1) is 8.81. The van der Waals surface area contributed by atoms with Crippen molar-refractivity contribution in [2.75, 3.05) is 5.73 Å². The number of anilines is 1. The zero-order valence-electron chi connectivity index (χ0n) is 6.28. The van der Waals surface area contributed by atoms with E-state index in [9.17, 15) is 0 Å². The van der Waals surface area contributed by atoms with E-state index in [0.717, 1.165) is 15.7 Å². The van der Waals surface area contributed by atoms with Gasteiger partial charge in [0.1, 0.15) is 5.82 Å². The Morgan fingerprint density at radius 2 is 2.00 bits per heavy atom. The van der Waals surface area contributed by atoms with Gasteiger partial charge < -0.3 is 5.73 Å². The Morgan fingerprint density at radius 3 is 2.55 bits per heavy atom. The summed E-state index contributed by atoms with van der Waals surface area (Å²) in [5.41, 5.74) is 7.28. The molecule has 0 spiro atoms. The van der Waals surface area contributed by atoms with Crippen molar-refractivity contribution in [3.8, 4) is 0 Å². The Hall–Kier alpha value is -0.280. The summed E-state index contributed by atoms with van der Waals surface area (Å²) in [6.45, 7) is 3.73. The molecule has 0 atom stereocenters. The molecule has 0 radical (unpaired) electrons. The van der Waals surface area contributed by atoms with Gasteiger partial charge in [-0.2, -0.15) is 0 Å². The lowest BCUT2D eigenvalue weighted by Crippen LogP contribution is -1.97. The zero-order valence-corrected chi connectivity index (χ0v) is 8.62. The predicted molar refractivity (Wildman–Crippen MR) is 50.8 cm³/mol. The number of halogens is 2. The summed E-state index contributed by atoms with van der Waals surface area (Å²) in [5.74, 6) is 0.490. The number of aryl methyl sites for hydroxylation is 1. The minimum absolute atomic E-state index is 0.490. The Labute approximate surface area is 78.9 Å². The van der Waals surface area contributed by atoms with Gasteiger partial charge in [-0.05, 0) is 35.3 Å². The molecule has 0 aliphatic carbocycles. The molecule has 0 aliphatic heterocycles. The Balaban J connectivity index is 3.46. The highest BCUT2D eigenvalue weighted by atomic mass is 79.9. The molecule has 1 aromatic rings. The Kier molecular flexibility index (Phi) is 2.40. The number of nitrogens with two attached hydrogens (primary N) is 1. The fourth-order valence-corrected chi connectivity index (χ4v) is 1.38. The molecule has 0 unspecified atom stereocenters. The number of nitrogen functional groups attached to an aromatic ring is 1. The number of hydrogen-bond donors (Lipinski definition) is 1. The summed E-state index contributed by atoms with van der Waals surface area (Å²) in [6.07, 6.45) is 0. The van der Waals surface area contributed by atoms with Gasteiger partial charge in [-0.1, -0.05) is 11.6 Å². The van der Waals surface area contributed by atoms with Crippen LogP contribution in [0.3, 0.4) is 0 Å². The third-order valence-corrected chi connectivity index (χ3v) is 3.05. The van der Waals surface area contributed by atoms with Crippen LogP contribution in [0, 0.1) is 13.8 Å². The maximum Gasteiger partial charge on any atom is 0.138 e. The molecule has 1 rings (SSSR count). The van der Waals surface area contributed by atoms with Crippen LogP contribution >= 0.6 is 27.5 Å². The van der Waals surface area contributed by atoms with E-state index < -0.39 is 0 Å². The molecule has 60 valence electrons. The number of pyridine rings is 1. The number of rotatable bonds is 0. The average molecular weight is 236 g/mol. The maximum atomic E-state index is 5.91. The van der Waals surface area contributed by atoms with Crippen molar-refractivity contribution in [1.82, 2.24) is 4.98 Å². The second kappa shape index (κ2) is 2.99. The van der Waals surface area contributed by atoms with Crippen LogP contribution in [-0.2, 0) is 0 Å². The van der Waals surface area contributed by atoms with Gasteiger partial charge in [-0.25, -0.2) is 4.98 Å². The summed E-state index contributed by atoms with van der Waals surface area (Å²) in [6, 6.07) is 0. The standard InChI is InChI=1S/C7H8BrClN2/c1-3-5(8)7(10)11-4(2)6(3)9/h1-2H3,(H2,10,11). The predicted octanol–water partition coefficient (Wildman–Crippen LogP) is 2.70. The lowest BCUT2D eigenvalue weighted by atomic mass is 10.2. The molecule has 0 saturated carbocycles. The summed E-state index contributed by atoms with van der Waals surface area (Å²) in [7, 11) is 0. The Morgan fingerprint density at radius 1 is 1.45 bits per heavy atom. The quantitative estimate of drug-likeness (QED) is 0.751. The van der Waals surface area contributed by atoms with E-state index in [2.05, 4.69) is 20.9 Å². The van der Waals surface area contributed by atoms with Gasteiger partial charge in [0, 0.05) is 0 Å². The highest BCUT2D eigenvalue weighted by Gasteiger charge is 2.07. The number of aromatic nitrogens is 1. The molecule has 0 amide bonds. The van der Waals surface area contributed by atoms with Crippen LogP contribution in [0.5, 0.6) is 0 Å². The van der Waals surface area contributed by atoms with E-state index in [0.29, 0.717) is 10.8 Å². The smallest absolute Gasteiger partial charge is 0.138 e. The topological polar surface area (TPSA) is 38.9 Å². The van der Waals surface area contributed by atoms with Gasteiger partial charge in [-0.15, -0.1) is 0 Å². The molecular weight excluding hydrogens is 227 g/mol. The van der Waals surface area contributed by atoms with E-state index in [1.165, 1.54) is 0 Å². The maximum absolute atomic E-state index is 5.91. The van der Waals surface area contributed by atoms with Gasteiger partial charge in [0.25, 0.3) is 0 Å². The lowest BCUT2D eigenvalue weighted by molar-refractivity contribution is 1.17. The van der Waals surface area contributed by atoms with Crippen molar-refractivity contribution < 1.29 is 0 Å². The number of hydrogen-bond acceptors (Lipinski definition) is 2. The van der Waals surface area contributed by atoms with Gasteiger partial charge >= 0.3 is 0 Å². The minimum atomic E-state index is 0.490. The largest absolute Gasteiger partial charge is 0.383 e. The third kappa shape index (κ3) is 1.49. The van der Waals surface area contributed by atoms with Crippen LogP contribution in [0.1, 0.15) is 11.3 Å². The van der Waals surface area contributed by atoms with Gasteiger partial charge in [0.2, 0.25) is 0 Å². The molecule has 2 nitrogen and oxygen atoms in total. The first-order chi connectivity index (χ1) is 5.04. The second-order valence-electron chi connectivity index (χ2n) is 2.34. The summed E-state index contributed by atoms with van der Waals surface area (Å²) < 4.78 is 0.785. The lowest BCUT2D eigenvalue weighted by Gasteiger charge is -2.06. The van der Waals surface area contributed by atoms with Gasteiger partial charge in [0.05, 0.1) is 15.2 Å². The van der Waals surface area contributed by atoms with Crippen molar-refractivity contribution in [3.05, 3.63) is 20.8 Å². The average Bonchev–Trinajstić information content (AvgIpc) is 1.97. The summed E-state index contributed by atoms with van der Waals surface area (Å²) in [5, 5.41) is 0.672. The fraction of sp³-hybridized carbons (Fsp3) is 0.286. The number of nitrogens with zero attached hydrogens (tertiary/aromatic N) is 1. The molecular formula is C7H8BrClN2. The monoisotopic (exact) mass is 234 g/mol. The van der Waals surface area contributed by atoms with E-state index in [1.54, 1.807) is 0 Å². The molecule has 0 fully saturated rings. The van der Waals surface area contributed by atoms with E-state index in [4.69, 9.17) is 17.3 Å². The molecule has 0 aromatic carbocycles. The molecule has 4 heteroatoms. The van der Waals surface area contributed by atoms with Gasteiger partial charge in [-0.3, -0.25) is 0 Å². The molecule has 0 bridgehead atoms. The van der Waals surface area contributed by atoms with Crippen molar-refractivity contribution >= 4 is 33.3 Å². The highest BCUT2D eigenvalue weighted by Crippen LogP contribution is 2.29. The van der Waals surface area contributed by atoms with E-state index in [1.807, 2.05) is 13.8 Å². The zero-order chi connectivity index (χ0) is 8.59. The molecule has 0 saturated heterocycles. The molecule has 2 N–H and O–H groups in total. The van der Waals surface area contributed by atoms with Crippen LogP contribution in [0.2, 0.25) is 5.02 Å². The fourth-order valence-electron chi connectivity index (χ4n) is 0.839. The van der Waals surface area contributed by atoms with Crippen LogP contribution < -0.4 is 5.73 Å². The van der Waals surface area contributed by atoms with Crippen LogP contribution in [0.25, 0.3) is 0 Å². The SMILES string of the molecule is Cc1nc(N)c(Br)c(C)c1Cl. The molecule has 1 heterocycles. The van der Waals surface area contributed by atoms with Crippen LogP contribution in [0.4, 0.5) is 5.82 Å². The van der Waals surface area contributed by atoms with Crippen molar-refractivity contribution in [2.24, 2.45) is 0 Å². The highest BCUT2D eigenvalue weighted by molar-refractivity contribution is 9.10. The van der Waals surface area contributed by atoms with Crippen molar-refractivity contribution in [3.63, 3.8) is 0 Å². The first-order valence-electron chi connectivity index (χ1n) is 3.11. The summed E-state index contributed by atoms with van der Waals surface area (Å²) in [4.78, 5) is 4.03. The van der Waals surface area contributed by atoms with Gasteiger partial charge in [0.15, 0.2) is 0 Å². The van der Waals surface area contributed by atoms with Crippen molar-refractivity contribution in [2.45, 2.75) is 13.8 Å². The minimum Gasteiger partial charge on any atom is -0.383 e. The molecule has 11 heavy (non-hydrogen) atoms. The molecule has 0 aliphatic rings. The van der Waals surface area contributed by atoms with Crippen molar-refractivity contribution in [1.29, 1.82) is 0 Å². The normalized spacial score (nSPS) is 10.2. The third-order valence-electron chi connectivity index (χ3n) is 1.49. The molecule has 1 aromatic heterocycles. The first-order valence-corrected chi connectivity index (χ1v) is 4.28. The second-order valence-corrected chi connectivity index (χ2v) is 3.51. The van der Waals surface area contributed by atoms with E-state index in [-0.39, 0.29) is 0 Å². The Bertz CT molecular complexity index is 273. The van der Waals surface area contributed by atoms with E-state index >= 15 is 0 Å². The van der Waals surface area contributed by atoms with Crippen LogP contribution in [0.15, 0.2) is 4.47 Å². The summed E-state index contributed by atoms with van der Waals surface area (Å²) >= 11 is 9.20. The van der Waals surface area contributed by atoms with Crippen LogP contribution in [-0.4, -0.2) is 4.98 Å².